The zero-order valence-electron chi connectivity index (χ0n) is 9.33. The van der Waals surface area contributed by atoms with E-state index in [9.17, 15) is 0 Å². The van der Waals surface area contributed by atoms with E-state index in [4.69, 9.17) is 22.7 Å². The van der Waals surface area contributed by atoms with Crippen molar-refractivity contribution in [1.29, 1.82) is 5.41 Å². The van der Waals surface area contributed by atoms with Gasteiger partial charge in [-0.1, -0.05) is 36.7 Å². The first kappa shape index (κ1) is 12.1. The van der Waals surface area contributed by atoms with Crippen LogP contribution >= 0.6 is 22.9 Å². The van der Waals surface area contributed by atoms with Crippen LogP contribution in [0.25, 0.3) is 10.6 Å². The average Bonchev–Trinajstić information content (AvgIpc) is 2.73. The van der Waals surface area contributed by atoms with Gasteiger partial charge in [-0.25, -0.2) is 4.98 Å². The fraction of sp³-hybridized carbons (Fsp3) is 0.167. The lowest BCUT2D eigenvalue weighted by Gasteiger charge is -1.97. The smallest absolute Gasteiger partial charge is 0.135 e. The van der Waals surface area contributed by atoms with E-state index in [1.54, 1.807) is 0 Å². The summed E-state index contributed by atoms with van der Waals surface area (Å²) >= 11 is 7.54. The Balaban J connectivity index is 2.54. The Labute approximate surface area is 109 Å². The van der Waals surface area contributed by atoms with Crippen molar-refractivity contribution in [2.45, 2.75) is 13.3 Å². The quantitative estimate of drug-likeness (QED) is 0.661. The summed E-state index contributed by atoms with van der Waals surface area (Å²) in [6.07, 6.45) is 0.760. The van der Waals surface area contributed by atoms with E-state index in [0.717, 1.165) is 27.6 Å². The van der Waals surface area contributed by atoms with Crippen LogP contribution < -0.4 is 5.73 Å². The Morgan fingerprint density at radius 3 is 2.71 bits per heavy atom. The molecule has 0 atom stereocenters. The molecule has 1 heterocycles. The van der Waals surface area contributed by atoms with Crippen LogP contribution in [0.4, 0.5) is 0 Å². The SMILES string of the molecule is CCc1nc(-c2ccccc2Cl)sc1C(=N)N. The molecule has 0 bridgehead atoms. The monoisotopic (exact) mass is 265 g/mol. The first-order chi connectivity index (χ1) is 8.13. The van der Waals surface area contributed by atoms with E-state index in [2.05, 4.69) is 4.98 Å². The van der Waals surface area contributed by atoms with Gasteiger partial charge in [-0.3, -0.25) is 5.41 Å². The lowest BCUT2D eigenvalue weighted by atomic mass is 10.2. The fourth-order valence-electron chi connectivity index (χ4n) is 1.55. The number of nitrogens with two attached hydrogens (primary N) is 1. The molecule has 1 aromatic carbocycles. The average molecular weight is 266 g/mol. The van der Waals surface area contributed by atoms with Gasteiger partial charge in [0.1, 0.15) is 10.8 Å². The molecule has 2 rings (SSSR count). The van der Waals surface area contributed by atoms with Crippen LogP contribution in [0.2, 0.25) is 5.02 Å². The molecule has 0 unspecified atom stereocenters. The Morgan fingerprint density at radius 2 is 2.18 bits per heavy atom. The maximum absolute atomic E-state index is 7.52. The molecule has 0 radical (unpaired) electrons. The lowest BCUT2D eigenvalue weighted by Crippen LogP contribution is -2.11. The van der Waals surface area contributed by atoms with Gasteiger partial charge >= 0.3 is 0 Å². The first-order valence-electron chi connectivity index (χ1n) is 5.22. The summed E-state index contributed by atoms with van der Waals surface area (Å²) in [6.45, 7) is 2.00. The third kappa shape index (κ3) is 2.33. The molecule has 5 heteroatoms. The number of aromatic nitrogens is 1. The van der Waals surface area contributed by atoms with Gasteiger partial charge in [-0.15, -0.1) is 11.3 Å². The Hall–Kier alpha value is -1.39. The molecule has 3 nitrogen and oxygen atoms in total. The molecular formula is C12H12ClN3S. The van der Waals surface area contributed by atoms with E-state index in [1.807, 2.05) is 31.2 Å². The Bertz CT molecular complexity index is 563. The number of hydrogen-bond donors (Lipinski definition) is 2. The summed E-state index contributed by atoms with van der Waals surface area (Å²) in [5.41, 5.74) is 7.29. The van der Waals surface area contributed by atoms with Gasteiger partial charge in [0.15, 0.2) is 0 Å². The third-order valence-electron chi connectivity index (χ3n) is 2.38. The number of halogens is 1. The zero-order chi connectivity index (χ0) is 12.4. The maximum Gasteiger partial charge on any atom is 0.135 e. The zero-order valence-corrected chi connectivity index (χ0v) is 10.9. The molecule has 2 aromatic rings. The van der Waals surface area contributed by atoms with Crippen molar-refractivity contribution in [3.63, 3.8) is 0 Å². The third-order valence-corrected chi connectivity index (χ3v) is 3.87. The van der Waals surface area contributed by atoms with Crippen LogP contribution in [0.3, 0.4) is 0 Å². The maximum atomic E-state index is 7.52. The summed E-state index contributed by atoms with van der Waals surface area (Å²) in [6, 6.07) is 7.55. The predicted molar refractivity (Wildman–Crippen MR) is 73.0 cm³/mol. The number of rotatable bonds is 3. The van der Waals surface area contributed by atoms with Crippen molar-refractivity contribution < 1.29 is 0 Å². The van der Waals surface area contributed by atoms with E-state index in [1.165, 1.54) is 11.3 Å². The summed E-state index contributed by atoms with van der Waals surface area (Å²) in [4.78, 5) is 5.23. The number of nitrogens with zero attached hydrogens (tertiary/aromatic N) is 1. The van der Waals surface area contributed by atoms with Crippen LogP contribution in [-0.4, -0.2) is 10.8 Å². The number of thiazole rings is 1. The van der Waals surface area contributed by atoms with Crippen molar-refractivity contribution in [2.75, 3.05) is 0 Å². The van der Waals surface area contributed by atoms with Gasteiger partial charge in [0.25, 0.3) is 0 Å². The molecular weight excluding hydrogens is 254 g/mol. The van der Waals surface area contributed by atoms with Crippen LogP contribution in [0.5, 0.6) is 0 Å². The number of nitrogens with one attached hydrogen (secondary N) is 1. The number of amidine groups is 1. The molecule has 0 fully saturated rings. The molecule has 0 aliphatic heterocycles. The van der Waals surface area contributed by atoms with E-state index in [0.29, 0.717) is 5.02 Å². The van der Waals surface area contributed by atoms with Crippen molar-refractivity contribution in [3.05, 3.63) is 39.9 Å². The van der Waals surface area contributed by atoms with E-state index < -0.39 is 0 Å². The largest absolute Gasteiger partial charge is 0.383 e. The van der Waals surface area contributed by atoms with E-state index >= 15 is 0 Å². The summed E-state index contributed by atoms with van der Waals surface area (Å²) in [5.74, 6) is 0.0673. The Morgan fingerprint density at radius 1 is 1.47 bits per heavy atom. The second-order valence-corrected chi connectivity index (χ2v) is 4.95. The van der Waals surface area contributed by atoms with Crippen LogP contribution in [0.1, 0.15) is 17.5 Å². The normalized spacial score (nSPS) is 10.5. The molecule has 0 aliphatic rings. The molecule has 0 saturated heterocycles. The molecule has 88 valence electrons. The van der Waals surface area contributed by atoms with E-state index in [-0.39, 0.29) is 5.84 Å². The predicted octanol–water partition coefficient (Wildman–Crippen LogP) is 3.31. The van der Waals surface area contributed by atoms with Crippen molar-refractivity contribution >= 4 is 28.8 Å². The van der Waals surface area contributed by atoms with Gasteiger partial charge < -0.3 is 5.73 Å². The van der Waals surface area contributed by atoms with Gasteiger partial charge in [0.05, 0.1) is 15.6 Å². The number of hydrogen-bond acceptors (Lipinski definition) is 3. The van der Waals surface area contributed by atoms with Gasteiger partial charge in [0, 0.05) is 5.56 Å². The van der Waals surface area contributed by atoms with Crippen molar-refractivity contribution in [3.8, 4) is 10.6 Å². The number of benzene rings is 1. The van der Waals surface area contributed by atoms with Crippen LogP contribution in [-0.2, 0) is 6.42 Å². The molecule has 1 aromatic heterocycles. The topological polar surface area (TPSA) is 62.8 Å². The van der Waals surface area contributed by atoms with Crippen molar-refractivity contribution in [1.82, 2.24) is 4.98 Å². The highest BCUT2D eigenvalue weighted by Gasteiger charge is 2.14. The highest BCUT2D eigenvalue weighted by molar-refractivity contribution is 7.17. The molecule has 0 amide bonds. The first-order valence-corrected chi connectivity index (χ1v) is 6.42. The Kier molecular flexibility index (Phi) is 3.45. The minimum Gasteiger partial charge on any atom is -0.383 e. The van der Waals surface area contributed by atoms with Crippen LogP contribution in [0.15, 0.2) is 24.3 Å². The molecule has 0 aliphatic carbocycles. The highest BCUT2D eigenvalue weighted by atomic mass is 35.5. The van der Waals surface area contributed by atoms with Gasteiger partial charge in [-0.05, 0) is 12.5 Å². The van der Waals surface area contributed by atoms with Gasteiger partial charge in [0.2, 0.25) is 0 Å². The molecule has 0 spiro atoms. The van der Waals surface area contributed by atoms with Gasteiger partial charge in [-0.2, -0.15) is 0 Å². The molecule has 0 saturated carbocycles. The minimum atomic E-state index is 0.0673. The summed E-state index contributed by atoms with van der Waals surface area (Å²) in [7, 11) is 0. The number of aryl methyl sites for hydroxylation is 1. The summed E-state index contributed by atoms with van der Waals surface area (Å²) in [5, 5.41) is 9.01. The second-order valence-electron chi connectivity index (χ2n) is 3.54. The lowest BCUT2D eigenvalue weighted by molar-refractivity contribution is 1.06. The molecule has 3 N–H and O–H groups in total. The molecule has 17 heavy (non-hydrogen) atoms. The highest BCUT2D eigenvalue weighted by Crippen LogP contribution is 2.32. The fourth-order valence-corrected chi connectivity index (χ4v) is 2.89. The standard InChI is InChI=1S/C12H12ClN3S/c1-2-9-10(11(14)15)17-12(16-9)7-5-3-4-6-8(7)13/h3-6H,2H2,1H3,(H3,14,15). The summed E-state index contributed by atoms with van der Waals surface area (Å²) < 4.78 is 0. The second kappa shape index (κ2) is 4.85. The van der Waals surface area contributed by atoms with Crippen molar-refractivity contribution in [2.24, 2.45) is 5.73 Å². The minimum absolute atomic E-state index is 0.0673. The number of nitrogen functional groups attached to an aromatic ring is 1. The van der Waals surface area contributed by atoms with Crippen LogP contribution in [0, 0.1) is 5.41 Å².